The highest BCUT2D eigenvalue weighted by molar-refractivity contribution is 7.87. The largest absolute Gasteiger partial charge is 0.248 e. The first-order valence-electron chi connectivity index (χ1n) is 3.83. The lowest BCUT2D eigenvalue weighted by Crippen LogP contribution is -1.92. The van der Waals surface area contributed by atoms with Gasteiger partial charge in [-0.15, -0.1) is 5.10 Å². The molecule has 0 radical (unpaired) electrons. The zero-order valence-corrected chi connectivity index (χ0v) is 10.3. The van der Waals surface area contributed by atoms with Crippen molar-refractivity contribution in [2.75, 3.05) is 0 Å². The minimum Gasteiger partial charge on any atom is -0.248 e. The van der Waals surface area contributed by atoms with Crippen LogP contribution < -0.4 is 0 Å². The van der Waals surface area contributed by atoms with Gasteiger partial charge in [-0.05, 0) is 23.7 Å². The molecule has 2 aromatic rings. The van der Waals surface area contributed by atoms with E-state index in [1.165, 1.54) is 6.20 Å². The van der Waals surface area contributed by atoms with Gasteiger partial charge < -0.3 is 0 Å². The first-order chi connectivity index (χ1) is 7.20. The van der Waals surface area contributed by atoms with E-state index in [0.29, 0.717) is 19.1 Å². The molecule has 0 amide bonds. The number of aromatic nitrogens is 2. The van der Waals surface area contributed by atoms with Crippen LogP contribution in [-0.4, -0.2) is 13.8 Å². The van der Waals surface area contributed by atoms with E-state index in [1.54, 1.807) is 18.2 Å². The van der Waals surface area contributed by atoms with Gasteiger partial charge >= 0.3 is 0 Å². The molecule has 0 saturated heterocycles. The Bertz CT molecular complexity index is 481. The zero-order chi connectivity index (χ0) is 10.8. The van der Waals surface area contributed by atoms with E-state index in [2.05, 4.69) is 9.59 Å². The van der Waals surface area contributed by atoms with E-state index in [-0.39, 0.29) is 0 Å². The molecular weight excluding hydrogens is 275 g/mol. The van der Waals surface area contributed by atoms with E-state index in [4.69, 9.17) is 23.2 Å². The number of benzene rings is 1. The lowest BCUT2D eigenvalue weighted by Gasteiger charge is -2.03. The van der Waals surface area contributed by atoms with Crippen LogP contribution >= 0.6 is 34.7 Å². The molecule has 3 nitrogen and oxygen atoms in total. The van der Waals surface area contributed by atoms with Gasteiger partial charge in [0.15, 0.2) is 0 Å². The summed E-state index contributed by atoms with van der Waals surface area (Å²) in [5, 5.41) is 4.38. The number of hydrogen-bond donors (Lipinski definition) is 0. The van der Waals surface area contributed by atoms with Crippen LogP contribution in [0.15, 0.2) is 33.5 Å². The van der Waals surface area contributed by atoms with Crippen molar-refractivity contribution in [1.29, 1.82) is 0 Å². The average molecular weight is 279 g/mol. The Morgan fingerprint density at radius 2 is 1.93 bits per heavy atom. The van der Waals surface area contributed by atoms with Gasteiger partial charge in [-0.2, -0.15) is 0 Å². The van der Waals surface area contributed by atoms with Crippen LogP contribution in [0.5, 0.6) is 0 Å². The summed E-state index contributed by atoms with van der Waals surface area (Å²) < 4.78 is 16.2. The van der Waals surface area contributed by atoms with Gasteiger partial charge in [0.05, 0.1) is 21.1 Å². The molecule has 0 saturated carbocycles. The highest BCUT2D eigenvalue weighted by atomic mass is 35.5. The quantitative estimate of drug-likeness (QED) is 0.848. The van der Waals surface area contributed by atoms with Crippen LogP contribution in [0.4, 0.5) is 0 Å². The Hall–Kier alpha value is -0.490. The van der Waals surface area contributed by atoms with Gasteiger partial charge in [0.1, 0.15) is 15.0 Å². The molecule has 1 aromatic heterocycles. The summed E-state index contributed by atoms with van der Waals surface area (Å²) in [6, 6.07) is 5.00. The first kappa shape index (κ1) is 11.0. The van der Waals surface area contributed by atoms with E-state index in [9.17, 15) is 4.21 Å². The maximum absolute atomic E-state index is 12.0. The SMILES string of the molecule is O=[S@@](c1cnns1)c1c(Cl)cccc1Cl. The predicted octanol–water partition coefficient (Wildman–Crippen LogP) is 3.01. The molecule has 7 heteroatoms. The number of rotatable bonds is 2. The number of halogens is 2. The van der Waals surface area contributed by atoms with Gasteiger partial charge in [-0.1, -0.05) is 33.8 Å². The summed E-state index contributed by atoms with van der Waals surface area (Å²) in [6.45, 7) is 0. The van der Waals surface area contributed by atoms with Gasteiger partial charge in [0.2, 0.25) is 0 Å². The zero-order valence-electron chi connectivity index (χ0n) is 7.18. The van der Waals surface area contributed by atoms with Crippen LogP contribution in [0.1, 0.15) is 0 Å². The average Bonchev–Trinajstić information content (AvgIpc) is 2.69. The second kappa shape index (κ2) is 4.57. The Kier molecular flexibility index (Phi) is 3.35. The van der Waals surface area contributed by atoms with Crippen molar-refractivity contribution in [3.8, 4) is 0 Å². The summed E-state index contributed by atoms with van der Waals surface area (Å²) in [5.74, 6) is 0. The fourth-order valence-electron chi connectivity index (χ4n) is 1.00. The molecule has 1 heterocycles. The number of nitrogens with zero attached hydrogens (tertiary/aromatic N) is 2. The van der Waals surface area contributed by atoms with E-state index >= 15 is 0 Å². The van der Waals surface area contributed by atoms with Crippen molar-refractivity contribution in [3.05, 3.63) is 34.4 Å². The predicted molar refractivity (Wildman–Crippen MR) is 61.0 cm³/mol. The molecule has 15 heavy (non-hydrogen) atoms. The lowest BCUT2D eigenvalue weighted by molar-refractivity contribution is 0.684. The minimum atomic E-state index is -1.41. The monoisotopic (exact) mass is 278 g/mol. The van der Waals surface area contributed by atoms with Gasteiger partial charge in [-0.3, -0.25) is 0 Å². The topological polar surface area (TPSA) is 42.9 Å². The van der Waals surface area contributed by atoms with Crippen LogP contribution in [0.2, 0.25) is 10.0 Å². The molecule has 0 aliphatic carbocycles. The summed E-state index contributed by atoms with van der Waals surface area (Å²) in [6.07, 6.45) is 1.44. The molecule has 0 aliphatic heterocycles. The van der Waals surface area contributed by atoms with Crippen molar-refractivity contribution in [3.63, 3.8) is 0 Å². The molecule has 0 unspecified atom stereocenters. The summed E-state index contributed by atoms with van der Waals surface area (Å²) in [4.78, 5) is 0.409. The smallest absolute Gasteiger partial charge is 0.137 e. The van der Waals surface area contributed by atoms with Crippen LogP contribution in [0.25, 0.3) is 0 Å². The highest BCUT2D eigenvalue weighted by Crippen LogP contribution is 2.31. The van der Waals surface area contributed by atoms with Crippen molar-refractivity contribution in [2.24, 2.45) is 0 Å². The van der Waals surface area contributed by atoms with Crippen molar-refractivity contribution in [1.82, 2.24) is 9.59 Å². The molecule has 78 valence electrons. The van der Waals surface area contributed by atoms with Gasteiger partial charge in [0, 0.05) is 0 Å². The molecule has 0 N–H and O–H groups in total. The van der Waals surface area contributed by atoms with E-state index in [0.717, 1.165) is 11.5 Å². The third-order valence-corrected chi connectivity index (χ3v) is 4.90. The molecule has 1 atom stereocenters. The second-order valence-electron chi connectivity index (χ2n) is 2.56. The molecular formula is C8H4Cl2N2OS2. The molecule has 1 aromatic carbocycles. The summed E-state index contributed by atoms with van der Waals surface area (Å²) in [7, 11) is -1.41. The van der Waals surface area contributed by atoms with Crippen LogP contribution in [-0.2, 0) is 10.8 Å². The van der Waals surface area contributed by atoms with Crippen molar-refractivity contribution in [2.45, 2.75) is 9.10 Å². The van der Waals surface area contributed by atoms with Gasteiger partial charge in [-0.25, -0.2) is 4.21 Å². The Morgan fingerprint density at radius 3 is 2.47 bits per heavy atom. The van der Waals surface area contributed by atoms with Crippen molar-refractivity contribution < 1.29 is 4.21 Å². The maximum Gasteiger partial charge on any atom is 0.137 e. The summed E-state index contributed by atoms with van der Waals surface area (Å²) >= 11 is 12.9. The highest BCUT2D eigenvalue weighted by Gasteiger charge is 2.16. The molecule has 0 aliphatic rings. The number of hydrogen-bond acceptors (Lipinski definition) is 4. The van der Waals surface area contributed by atoms with E-state index < -0.39 is 10.8 Å². The lowest BCUT2D eigenvalue weighted by atomic mass is 10.4. The molecule has 0 spiro atoms. The Morgan fingerprint density at radius 1 is 1.27 bits per heavy atom. The Labute approximate surface area is 103 Å². The second-order valence-corrected chi connectivity index (χ2v) is 5.80. The van der Waals surface area contributed by atoms with Crippen molar-refractivity contribution >= 4 is 45.5 Å². The Balaban J connectivity index is 2.51. The fraction of sp³-hybridized carbons (Fsp3) is 0. The molecule has 0 fully saturated rings. The van der Waals surface area contributed by atoms with E-state index in [1.807, 2.05) is 0 Å². The normalized spacial score (nSPS) is 12.7. The standard InChI is InChI=1S/C8H4Cl2N2OS2/c9-5-2-1-3-6(10)8(5)15(13)7-4-11-12-14-7/h1-4H/t15-/m0/s1. The first-order valence-corrected chi connectivity index (χ1v) is 6.51. The van der Waals surface area contributed by atoms with Crippen LogP contribution in [0.3, 0.4) is 0 Å². The van der Waals surface area contributed by atoms with Gasteiger partial charge in [0.25, 0.3) is 0 Å². The maximum atomic E-state index is 12.0. The summed E-state index contributed by atoms with van der Waals surface area (Å²) in [5.41, 5.74) is 0. The fourth-order valence-corrected chi connectivity index (χ4v) is 3.54. The molecule has 2 rings (SSSR count). The third kappa shape index (κ3) is 2.20. The molecule has 0 bridgehead atoms. The minimum absolute atomic E-state index is 0.384. The third-order valence-electron chi connectivity index (χ3n) is 1.63. The van der Waals surface area contributed by atoms with Crippen LogP contribution in [0, 0.1) is 0 Å².